The van der Waals surface area contributed by atoms with E-state index in [1.165, 1.54) is 6.07 Å². The molecule has 6 heteroatoms. The van der Waals surface area contributed by atoms with Crippen LogP contribution in [0.2, 0.25) is 0 Å². The van der Waals surface area contributed by atoms with E-state index in [4.69, 9.17) is 4.74 Å². The first-order chi connectivity index (χ1) is 9.51. The number of hydrogen-bond acceptors (Lipinski definition) is 3. The minimum absolute atomic E-state index is 0.230. The predicted octanol–water partition coefficient (Wildman–Crippen LogP) is 2.93. The van der Waals surface area contributed by atoms with Crippen molar-refractivity contribution in [3.05, 3.63) is 29.3 Å². The highest BCUT2D eigenvalue weighted by Crippen LogP contribution is 2.35. The molecule has 1 aliphatic heterocycles. The Balaban J connectivity index is 2.27. The lowest BCUT2D eigenvalue weighted by Crippen LogP contribution is -2.62. The largest absolute Gasteiger partial charge is 0.456 e. The van der Waals surface area contributed by atoms with E-state index < -0.39 is 29.9 Å². The fourth-order valence-corrected chi connectivity index (χ4v) is 2.00. The maximum atomic E-state index is 13.0. The number of carbonyl (C=O) groups excluding carboxylic acids is 2. The van der Waals surface area contributed by atoms with Gasteiger partial charge in [-0.05, 0) is 45.4 Å². The third kappa shape index (κ3) is 3.04. The number of ether oxygens (including phenoxy) is 1. The minimum atomic E-state index is -3.31. The number of esters is 1. The highest BCUT2D eigenvalue weighted by Gasteiger charge is 2.55. The van der Waals surface area contributed by atoms with Crippen LogP contribution in [0.15, 0.2) is 18.2 Å². The number of hydrogen-bond donors (Lipinski definition) is 0. The SMILES string of the molecule is Cc1ccc(C(=O)OC(C)(C)C)cc1N1CC(F)(F)C1=O. The topological polar surface area (TPSA) is 46.6 Å². The summed E-state index contributed by atoms with van der Waals surface area (Å²) in [5, 5.41) is 0. The molecule has 1 aromatic carbocycles. The summed E-state index contributed by atoms with van der Waals surface area (Å²) in [7, 11) is 0. The van der Waals surface area contributed by atoms with E-state index in [1.807, 2.05) is 0 Å². The van der Waals surface area contributed by atoms with Crippen LogP contribution in [-0.2, 0) is 9.53 Å². The molecule has 114 valence electrons. The standard InChI is InChI=1S/C15H17F2NO3/c1-9-5-6-10(12(19)21-14(2,3)4)7-11(9)18-8-15(16,17)13(18)20/h5-7H,8H2,1-4H3. The van der Waals surface area contributed by atoms with Crippen molar-refractivity contribution in [1.82, 2.24) is 0 Å². The van der Waals surface area contributed by atoms with E-state index in [1.54, 1.807) is 39.8 Å². The van der Waals surface area contributed by atoms with Gasteiger partial charge in [0.2, 0.25) is 0 Å². The number of amides is 1. The Hall–Kier alpha value is -1.98. The third-order valence-electron chi connectivity index (χ3n) is 3.05. The van der Waals surface area contributed by atoms with Gasteiger partial charge < -0.3 is 9.64 Å². The third-order valence-corrected chi connectivity index (χ3v) is 3.05. The number of halogens is 2. The Morgan fingerprint density at radius 2 is 1.95 bits per heavy atom. The summed E-state index contributed by atoms with van der Waals surface area (Å²) in [6.07, 6.45) is 0. The highest BCUT2D eigenvalue weighted by atomic mass is 19.3. The highest BCUT2D eigenvalue weighted by molar-refractivity contribution is 6.06. The van der Waals surface area contributed by atoms with Crippen LogP contribution in [0.4, 0.5) is 14.5 Å². The molecule has 0 aliphatic carbocycles. The van der Waals surface area contributed by atoms with Gasteiger partial charge in [0, 0.05) is 5.69 Å². The van der Waals surface area contributed by atoms with Crippen molar-refractivity contribution in [1.29, 1.82) is 0 Å². The second kappa shape index (κ2) is 4.79. The van der Waals surface area contributed by atoms with Crippen molar-refractivity contribution in [2.75, 3.05) is 11.4 Å². The first-order valence-electron chi connectivity index (χ1n) is 6.55. The van der Waals surface area contributed by atoms with Gasteiger partial charge in [0.15, 0.2) is 0 Å². The Bertz CT molecular complexity index is 605. The molecule has 1 saturated heterocycles. The lowest BCUT2D eigenvalue weighted by molar-refractivity contribution is -0.152. The summed E-state index contributed by atoms with van der Waals surface area (Å²) in [4.78, 5) is 24.4. The number of carbonyl (C=O) groups is 2. The molecule has 0 spiro atoms. The zero-order chi connectivity index (χ0) is 16.0. The van der Waals surface area contributed by atoms with Crippen molar-refractivity contribution in [2.45, 2.75) is 39.2 Å². The van der Waals surface area contributed by atoms with Crippen LogP contribution in [0.1, 0.15) is 36.7 Å². The number of anilines is 1. The molecule has 21 heavy (non-hydrogen) atoms. The van der Waals surface area contributed by atoms with Crippen LogP contribution in [-0.4, -0.2) is 29.9 Å². The maximum absolute atomic E-state index is 13.0. The zero-order valence-electron chi connectivity index (χ0n) is 12.4. The number of alkyl halides is 2. The van der Waals surface area contributed by atoms with Gasteiger partial charge in [-0.15, -0.1) is 0 Å². The number of benzene rings is 1. The number of nitrogens with zero attached hydrogens (tertiary/aromatic N) is 1. The van der Waals surface area contributed by atoms with Crippen molar-refractivity contribution in [3.63, 3.8) is 0 Å². The Morgan fingerprint density at radius 3 is 2.43 bits per heavy atom. The summed E-state index contributed by atoms with van der Waals surface area (Å²) in [5.74, 6) is -5.11. The molecule has 0 unspecified atom stereocenters. The molecule has 0 N–H and O–H groups in total. The molecule has 0 aromatic heterocycles. The molecule has 1 amide bonds. The van der Waals surface area contributed by atoms with Crippen LogP contribution >= 0.6 is 0 Å². The average Bonchev–Trinajstić information content (AvgIpc) is 2.34. The maximum Gasteiger partial charge on any atom is 0.342 e. The summed E-state index contributed by atoms with van der Waals surface area (Å²) in [6, 6.07) is 4.57. The zero-order valence-corrected chi connectivity index (χ0v) is 12.4. The molecule has 0 atom stereocenters. The van der Waals surface area contributed by atoms with Crippen LogP contribution in [0.3, 0.4) is 0 Å². The second-order valence-corrected chi connectivity index (χ2v) is 6.10. The van der Waals surface area contributed by atoms with Crippen molar-refractivity contribution < 1.29 is 23.1 Å². The predicted molar refractivity (Wildman–Crippen MR) is 73.6 cm³/mol. The van der Waals surface area contributed by atoms with Crippen LogP contribution in [0, 0.1) is 6.92 Å². The normalized spacial score (nSPS) is 17.4. The average molecular weight is 297 g/mol. The van der Waals surface area contributed by atoms with Gasteiger partial charge in [0.25, 0.3) is 5.91 Å². The van der Waals surface area contributed by atoms with Gasteiger partial charge in [-0.1, -0.05) is 6.07 Å². The summed E-state index contributed by atoms with van der Waals surface area (Å²) < 4.78 is 31.2. The fourth-order valence-electron chi connectivity index (χ4n) is 2.00. The van der Waals surface area contributed by atoms with Crippen molar-refractivity contribution in [2.24, 2.45) is 0 Å². The number of aryl methyl sites for hydroxylation is 1. The van der Waals surface area contributed by atoms with Crippen molar-refractivity contribution in [3.8, 4) is 0 Å². The molecule has 1 fully saturated rings. The van der Waals surface area contributed by atoms with Gasteiger partial charge in [-0.3, -0.25) is 4.79 Å². The molecular weight excluding hydrogens is 280 g/mol. The molecule has 1 aliphatic rings. The fraction of sp³-hybridized carbons (Fsp3) is 0.467. The van der Waals surface area contributed by atoms with E-state index >= 15 is 0 Å². The monoisotopic (exact) mass is 297 g/mol. The smallest absolute Gasteiger partial charge is 0.342 e. The molecule has 0 radical (unpaired) electrons. The van der Waals surface area contributed by atoms with E-state index in [-0.39, 0.29) is 5.56 Å². The van der Waals surface area contributed by atoms with Crippen molar-refractivity contribution >= 4 is 17.6 Å². The van der Waals surface area contributed by atoms with Crippen LogP contribution in [0.5, 0.6) is 0 Å². The Kier molecular flexibility index (Phi) is 3.51. The summed E-state index contributed by atoms with van der Waals surface area (Å²) in [5.41, 5.74) is 0.538. The quantitative estimate of drug-likeness (QED) is 0.623. The van der Waals surface area contributed by atoms with E-state index in [0.717, 1.165) is 4.90 Å². The number of β-lactam (4-membered cyclic amide) rings is 1. The molecule has 1 heterocycles. The van der Waals surface area contributed by atoms with Gasteiger partial charge >= 0.3 is 11.9 Å². The molecule has 2 rings (SSSR count). The lowest BCUT2D eigenvalue weighted by atomic mass is 10.0. The van der Waals surface area contributed by atoms with Gasteiger partial charge in [0.1, 0.15) is 5.60 Å². The lowest BCUT2D eigenvalue weighted by Gasteiger charge is -2.38. The van der Waals surface area contributed by atoms with E-state index in [9.17, 15) is 18.4 Å². The first kappa shape index (κ1) is 15.4. The van der Waals surface area contributed by atoms with Crippen LogP contribution < -0.4 is 4.90 Å². The minimum Gasteiger partial charge on any atom is -0.456 e. The second-order valence-electron chi connectivity index (χ2n) is 6.10. The van der Waals surface area contributed by atoms with E-state index in [0.29, 0.717) is 11.3 Å². The van der Waals surface area contributed by atoms with E-state index in [2.05, 4.69) is 0 Å². The molecule has 1 aromatic rings. The molecule has 0 bridgehead atoms. The first-order valence-corrected chi connectivity index (χ1v) is 6.55. The van der Waals surface area contributed by atoms with Crippen LogP contribution in [0.25, 0.3) is 0 Å². The van der Waals surface area contributed by atoms with Gasteiger partial charge in [-0.2, -0.15) is 8.78 Å². The van der Waals surface area contributed by atoms with Gasteiger partial charge in [-0.25, -0.2) is 4.79 Å². The number of rotatable bonds is 2. The summed E-state index contributed by atoms with van der Waals surface area (Å²) >= 11 is 0. The molecule has 4 nitrogen and oxygen atoms in total. The Morgan fingerprint density at radius 1 is 1.33 bits per heavy atom. The molecular formula is C15H17F2NO3. The molecule has 0 saturated carbocycles. The summed E-state index contributed by atoms with van der Waals surface area (Å²) in [6.45, 7) is 6.24. The Labute approximate surface area is 121 Å². The van der Waals surface area contributed by atoms with Gasteiger partial charge in [0.05, 0.1) is 12.1 Å².